The third-order valence-corrected chi connectivity index (χ3v) is 3.35. The molecule has 0 aliphatic heterocycles. The van der Waals surface area contributed by atoms with Crippen LogP contribution in [0.1, 0.15) is 18.2 Å². The number of nitrogens with one attached hydrogen (secondary N) is 1. The number of hydrogen-bond acceptors (Lipinski definition) is 3. The summed E-state index contributed by atoms with van der Waals surface area (Å²) in [5.41, 5.74) is 4.30. The fraction of sp³-hybridized carbons (Fsp3) is 0.250. The average Bonchev–Trinajstić information content (AvgIpc) is 2.93. The van der Waals surface area contributed by atoms with Crippen LogP contribution >= 0.6 is 0 Å². The SMILES string of the molecule is CCn1cc(CNc2cccc3ccc(C)nc23)cn1. The van der Waals surface area contributed by atoms with E-state index in [2.05, 4.69) is 52.8 Å². The molecule has 0 fully saturated rings. The second-order valence-electron chi connectivity index (χ2n) is 4.89. The van der Waals surface area contributed by atoms with E-state index in [4.69, 9.17) is 0 Å². The largest absolute Gasteiger partial charge is 0.379 e. The van der Waals surface area contributed by atoms with Gasteiger partial charge in [0.15, 0.2) is 0 Å². The van der Waals surface area contributed by atoms with Gasteiger partial charge in [-0.1, -0.05) is 18.2 Å². The van der Waals surface area contributed by atoms with E-state index in [1.165, 1.54) is 5.56 Å². The summed E-state index contributed by atoms with van der Waals surface area (Å²) in [6.07, 6.45) is 3.97. The van der Waals surface area contributed by atoms with E-state index in [0.717, 1.165) is 35.4 Å². The van der Waals surface area contributed by atoms with E-state index >= 15 is 0 Å². The molecule has 0 aliphatic carbocycles. The third-order valence-electron chi connectivity index (χ3n) is 3.35. The Morgan fingerprint density at radius 3 is 2.90 bits per heavy atom. The van der Waals surface area contributed by atoms with Gasteiger partial charge in [-0.25, -0.2) is 0 Å². The Bertz CT molecular complexity index is 730. The van der Waals surface area contributed by atoms with Gasteiger partial charge in [0.25, 0.3) is 0 Å². The molecule has 4 heteroatoms. The number of hydrogen-bond donors (Lipinski definition) is 1. The zero-order valence-electron chi connectivity index (χ0n) is 11.8. The minimum atomic E-state index is 0.759. The molecule has 0 bridgehead atoms. The fourth-order valence-corrected chi connectivity index (χ4v) is 2.26. The molecule has 1 N–H and O–H groups in total. The van der Waals surface area contributed by atoms with E-state index < -0.39 is 0 Å². The lowest BCUT2D eigenvalue weighted by Gasteiger charge is -2.08. The van der Waals surface area contributed by atoms with Gasteiger partial charge in [0.05, 0.1) is 17.4 Å². The van der Waals surface area contributed by atoms with Crippen molar-refractivity contribution in [3.63, 3.8) is 0 Å². The first-order chi connectivity index (χ1) is 9.76. The van der Waals surface area contributed by atoms with E-state index in [9.17, 15) is 0 Å². The molecule has 4 nitrogen and oxygen atoms in total. The molecule has 0 aliphatic rings. The van der Waals surface area contributed by atoms with Crippen molar-refractivity contribution in [2.75, 3.05) is 5.32 Å². The fourth-order valence-electron chi connectivity index (χ4n) is 2.26. The second kappa shape index (κ2) is 5.33. The highest BCUT2D eigenvalue weighted by Gasteiger charge is 2.03. The van der Waals surface area contributed by atoms with Crippen LogP contribution in [0.2, 0.25) is 0 Å². The Hall–Kier alpha value is -2.36. The molecule has 2 heterocycles. The van der Waals surface area contributed by atoms with Crippen molar-refractivity contribution in [2.24, 2.45) is 0 Å². The smallest absolute Gasteiger partial charge is 0.0936 e. The number of pyridine rings is 1. The number of rotatable bonds is 4. The number of aromatic nitrogens is 3. The van der Waals surface area contributed by atoms with Crippen LogP contribution in [0.4, 0.5) is 5.69 Å². The molecule has 3 rings (SSSR count). The molecule has 0 radical (unpaired) electrons. The molecule has 0 saturated carbocycles. The molecule has 0 atom stereocenters. The van der Waals surface area contributed by atoms with Gasteiger partial charge in [0.1, 0.15) is 0 Å². The standard InChI is InChI=1S/C16H18N4/c1-3-20-11-13(10-18-20)9-17-15-6-4-5-14-8-7-12(2)19-16(14)15/h4-8,10-11,17H,3,9H2,1-2H3. The Kier molecular flexibility index (Phi) is 3.37. The Labute approximate surface area is 118 Å². The zero-order chi connectivity index (χ0) is 13.9. The lowest BCUT2D eigenvalue weighted by Crippen LogP contribution is -2.00. The molecule has 3 aromatic rings. The monoisotopic (exact) mass is 266 g/mol. The summed E-state index contributed by atoms with van der Waals surface area (Å²) in [6, 6.07) is 10.4. The maximum atomic E-state index is 4.63. The van der Waals surface area contributed by atoms with Gasteiger partial charge < -0.3 is 5.32 Å². The summed E-state index contributed by atoms with van der Waals surface area (Å²) in [5.74, 6) is 0. The quantitative estimate of drug-likeness (QED) is 0.787. The highest BCUT2D eigenvalue weighted by molar-refractivity contribution is 5.90. The number of anilines is 1. The van der Waals surface area contributed by atoms with Crippen molar-refractivity contribution in [1.29, 1.82) is 0 Å². The summed E-state index contributed by atoms with van der Waals surface area (Å²) in [6.45, 7) is 5.76. The maximum absolute atomic E-state index is 4.63. The van der Waals surface area contributed by atoms with Crippen LogP contribution in [0.5, 0.6) is 0 Å². The van der Waals surface area contributed by atoms with Gasteiger partial charge in [-0.15, -0.1) is 0 Å². The van der Waals surface area contributed by atoms with Crippen LogP contribution < -0.4 is 5.32 Å². The van der Waals surface area contributed by atoms with Crippen LogP contribution in [-0.2, 0) is 13.1 Å². The van der Waals surface area contributed by atoms with E-state index in [1.807, 2.05) is 23.9 Å². The number of aryl methyl sites for hydroxylation is 2. The third kappa shape index (κ3) is 2.50. The second-order valence-corrected chi connectivity index (χ2v) is 4.89. The molecule has 0 unspecified atom stereocenters. The summed E-state index contributed by atoms with van der Waals surface area (Å²) in [7, 11) is 0. The molecule has 0 saturated heterocycles. The van der Waals surface area contributed by atoms with Crippen molar-refractivity contribution in [3.05, 3.63) is 54.0 Å². The van der Waals surface area contributed by atoms with Gasteiger partial charge >= 0.3 is 0 Å². The minimum Gasteiger partial charge on any atom is -0.379 e. The number of nitrogens with zero attached hydrogens (tertiary/aromatic N) is 3. The zero-order valence-corrected chi connectivity index (χ0v) is 11.8. The molecule has 20 heavy (non-hydrogen) atoms. The number of fused-ring (bicyclic) bond motifs is 1. The minimum absolute atomic E-state index is 0.759. The number of benzene rings is 1. The van der Waals surface area contributed by atoms with Gasteiger partial charge in [0, 0.05) is 35.9 Å². The van der Waals surface area contributed by atoms with Gasteiger partial charge in [0.2, 0.25) is 0 Å². The Balaban J connectivity index is 1.85. The first-order valence-electron chi connectivity index (χ1n) is 6.88. The maximum Gasteiger partial charge on any atom is 0.0936 e. The highest BCUT2D eigenvalue weighted by Crippen LogP contribution is 2.22. The molecule has 2 aromatic heterocycles. The first kappa shape index (κ1) is 12.7. The predicted molar refractivity (Wildman–Crippen MR) is 81.7 cm³/mol. The Morgan fingerprint density at radius 1 is 1.20 bits per heavy atom. The lowest BCUT2D eigenvalue weighted by molar-refractivity contribution is 0.659. The van der Waals surface area contributed by atoms with Crippen molar-refractivity contribution < 1.29 is 0 Å². The van der Waals surface area contributed by atoms with Gasteiger partial charge in [-0.05, 0) is 26.0 Å². The van der Waals surface area contributed by atoms with Gasteiger partial charge in [-0.2, -0.15) is 5.10 Å². The molecule has 1 aromatic carbocycles. The first-order valence-corrected chi connectivity index (χ1v) is 6.88. The van der Waals surface area contributed by atoms with Crippen LogP contribution in [0.25, 0.3) is 10.9 Å². The average molecular weight is 266 g/mol. The van der Waals surface area contributed by atoms with Crippen LogP contribution in [-0.4, -0.2) is 14.8 Å². The van der Waals surface area contributed by atoms with E-state index in [0.29, 0.717) is 0 Å². The molecule has 0 spiro atoms. The summed E-state index contributed by atoms with van der Waals surface area (Å²) >= 11 is 0. The van der Waals surface area contributed by atoms with Crippen molar-refractivity contribution >= 4 is 16.6 Å². The van der Waals surface area contributed by atoms with E-state index in [-0.39, 0.29) is 0 Å². The Morgan fingerprint density at radius 2 is 2.10 bits per heavy atom. The molecule has 102 valence electrons. The predicted octanol–water partition coefficient (Wildman–Crippen LogP) is 3.37. The van der Waals surface area contributed by atoms with Crippen LogP contribution in [0.15, 0.2) is 42.7 Å². The van der Waals surface area contributed by atoms with Crippen molar-refractivity contribution in [3.8, 4) is 0 Å². The molecule has 0 amide bonds. The van der Waals surface area contributed by atoms with Gasteiger partial charge in [-0.3, -0.25) is 9.67 Å². The summed E-state index contributed by atoms with van der Waals surface area (Å²) in [5, 5.41) is 8.89. The highest BCUT2D eigenvalue weighted by atomic mass is 15.3. The van der Waals surface area contributed by atoms with Crippen molar-refractivity contribution in [1.82, 2.24) is 14.8 Å². The molecular formula is C16H18N4. The lowest BCUT2D eigenvalue weighted by atomic mass is 10.1. The van der Waals surface area contributed by atoms with Crippen LogP contribution in [0, 0.1) is 6.92 Å². The molecular weight excluding hydrogens is 248 g/mol. The van der Waals surface area contributed by atoms with E-state index in [1.54, 1.807) is 0 Å². The van der Waals surface area contributed by atoms with Crippen molar-refractivity contribution in [2.45, 2.75) is 26.9 Å². The topological polar surface area (TPSA) is 42.7 Å². The normalized spacial score (nSPS) is 10.9. The van der Waals surface area contributed by atoms with Crippen LogP contribution in [0.3, 0.4) is 0 Å². The summed E-state index contributed by atoms with van der Waals surface area (Å²) < 4.78 is 1.93. The number of para-hydroxylation sites is 1. The summed E-state index contributed by atoms with van der Waals surface area (Å²) in [4.78, 5) is 4.63.